The topological polar surface area (TPSA) is 32.5 Å². The molecule has 0 saturated carbocycles. The summed E-state index contributed by atoms with van der Waals surface area (Å²) in [5.74, 6) is 0. The first-order valence-corrected chi connectivity index (χ1v) is 7.29. The zero-order valence-electron chi connectivity index (χ0n) is 12.5. The van der Waals surface area contributed by atoms with E-state index in [0.29, 0.717) is 18.6 Å². The van der Waals surface area contributed by atoms with E-state index in [1.807, 2.05) is 0 Å². The predicted octanol–water partition coefficient (Wildman–Crippen LogP) is 2.02. The van der Waals surface area contributed by atoms with Gasteiger partial charge >= 0.3 is 0 Å². The van der Waals surface area contributed by atoms with Gasteiger partial charge in [-0.15, -0.1) is 0 Å². The van der Waals surface area contributed by atoms with Crippen LogP contribution in [-0.4, -0.2) is 49.6 Å². The summed E-state index contributed by atoms with van der Waals surface area (Å²) in [5, 5.41) is 0. The fraction of sp³-hybridized carbons (Fsp3) is 0.625. The van der Waals surface area contributed by atoms with Gasteiger partial charge in [0.25, 0.3) is 0 Å². The minimum absolute atomic E-state index is 0.342. The van der Waals surface area contributed by atoms with Crippen LogP contribution >= 0.6 is 0 Å². The van der Waals surface area contributed by atoms with Crippen molar-refractivity contribution in [3.8, 4) is 0 Å². The fourth-order valence-corrected chi connectivity index (χ4v) is 3.13. The number of piperidine rings is 1. The maximum atomic E-state index is 6.06. The van der Waals surface area contributed by atoms with Crippen molar-refractivity contribution in [3.63, 3.8) is 0 Å². The van der Waals surface area contributed by atoms with E-state index in [-0.39, 0.29) is 0 Å². The third-order valence-corrected chi connectivity index (χ3v) is 4.53. The van der Waals surface area contributed by atoms with Gasteiger partial charge in [0.05, 0.1) is 0 Å². The van der Waals surface area contributed by atoms with Crippen LogP contribution < -0.4 is 5.73 Å². The number of nitrogens with two attached hydrogens (primary N) is 1. The summed E-state index contributed by atoms with van der Waals surface area (Å²) in [4.78, 5) is 4.91. The molecule has 2 rings (SSSR count). The monoisotopic (exact) mass is 261 g/mol. The van der Waals surface area contributed by atoms with Crippen LogP contribution in [-0.2, 0) is 0 Å². The van der Waals surface area contributed by atoms with Crippen LogP contribution in [0.3, 0.4) is 0 Å². The van der Waals surface area contributed by atoms with Gasteiger partial charge in [-0.25, -0.2) is 0 Å². The highest BCUT2D eigenvalue weighted by atomic mass is 15.2. The molecule has 0 aliphatic carbocycles. The van der Waals surface area contributed by atoms with Crippen molar-refractivity contribution in [1.29, 1.82) is 0 Å². The number of likely N-dealkylation sites (N-methyl/N-ethyl adjacent to an activating group) is 1. The molecule has 1 saturated heterocycles. The summed E-state index contributed by atoms with van der Waals surface area (Å²) in [6, 6.07) is 9.62. The van der Waals surface area contributed by atoms with Crippen LogP contribution in [0, 0.1) is 6.92 Å². The average molecular weight is 261 g/mol. The quantitative estimate of drug-likeness (QED) is 0.900. The van der Waals surface area contributed by atoms with E-state index < -0.39 is 0 Å². The standard InChI is InChI=1S/C16H27N3/c1-13-6-4-5-7-15(13)16(12-17)19(3)14-8-10-18(2)11-9-14/h4-7,14,16H,8-12,17H2,1-3H3. The highest BCUT2D eigenvalue weighted by Gasteiger charge is 2.26. The third kappa shape index (κ3) is 3.35. The molecule has 19 heavy (non-hydrogen) atoms. The maximum Gasteiger partial charge on any atom is 0.0472 e. The van der Waals surface area contributed by atoms with Gasteiger partial charge in [0.2, 0.25) is 0 Å². The molecule has 1 fully saturated rings. The van der Waals surface area contributed by atoms with Gasteiger partial charge < -0.3 is 10.6 Å². The van der Waals surface area contributed by atoms with Crippen LogP contribution in [0.4, 0.5) is 0 Å². The fourth-order valence-electron chi connectivity index (χ4n) is 3.13. The van der Waals surface area contributed by atoms with E-state index in [2.05, 4.69) is 55.1 Å². The minimum Gasteiger partial charge on any atom is -0.329 e. The van der Waals surface area contributed by atoms with Crippen LogP contribution in [0.25, 0.3) is 0 Å². The van der Waals surface area contributed by atoms with E-state index in [0.717, 1.165) is 0 Å². The SMILES string of the molecule is Cc1ccccc1C(CN)N(C)C1CCN(C)CC1. The Kier molecular flexibility index (Phi) is 4.97. The van der Waals surface area contributed by atoms with Crippen molar-refractivity contribution in [2.75, 3.05) is 33.7 Å². The number of nitrogens with zero attached hydrogens (tertiary/aromatic N) is 2. The lowest BCUT2D eigenvalue weighted by Crippen LogP contribution is -2.45. The van der Waals surface area contributed by atoms with E-state index in [4.69, 9.17) is 5.73 Å². The lowest BCUT2D eigenvalue weighted by atomic mass is 9.96. The Morgan fingerprint density at radius 1 is 1.32 bits per heavy atom. The van der Waals surface area contributed by atoms with Gasteiger partial charge in [-0.1, -0.05) is 24.3 Å². The molecule has 1 unspecified atom stereocenters. The number of hydrogen-bond donors (Lipinski definition) is 1. The molecular weight excluding hydrogens is 234 g/mol. The lowest BCUT2D eigenvalue weighted by molar-refractivity contribution is 0.109. The average Bonchev–Trinajstić information content (AvgIpc) is 2.42. The number of benzene rings is 1. The molecule has 3 nitrogen and oxygen atoms in total. The van der Waals surface area contributed by atoms with Crippen molar-refractivity contribution < 1.29 is 0 Å². The molecule has 1 aliphatic heterocycles. The van der Waals surface area contributed by atoms with Crippen LogP contribution in [0.1, 0.15) is 30.0 Å². The van der Waals surface area contributed by atoms with Gasteiger partial charge in [-0.2, -0.15) is 0 Å². The molecule has 0 spiro atoms. The van der Waals surface area contributed by atoms with Crippen LogP contribution in [0.15, 0.2) is 24.3 Å². The Bertz CT molecular complexity index is 397. The molecule has 3 heteroatoms. The summed E-state index contributed by atoms with van der Waals surface area (Å²) >= 11 is 0. The summed E-state index contributed by atoms with van der Waals surface area (Å²) in [6.07, 6.45) is 2.49. The predicted molar refractivity (Wildman–Crippen MR) is 81.3 cm³/mol. The summed E-state index contributed by atoms with van der Waals surface area (Å²) in [7, 11) is 4.44. The van der Waals surface area contributed by atoms with Crippen molar-refractivity contribution in [2.24, 2.45) is 5.73 Å². The molecule has 1 heterocycles. The lowest BCUT2D eigenvalue weighted by Gasteiger charge is -2.39. The van der Waals surface area contributed by atoms with Gasteiger partial charge in [0, 0.05) is 18.6 Å². The Hall–Kier alpha value is -0.900. The Balaban J connectivity index is 2.11. The van der Waals surface area contributed by atoms with Crippen molar-refractivity contribution >= 4 is 0 Å². The normalized spacial score (nSPS) is 19.8. The molecule has 1 aromatic carbocycles. The second-order valence-corrected chi connectivity index (χ2v) is 5.81. The van der Waals surface area contributed by atoms with Crippen molar-refractivity contribution in [3.05, 3.63) is 35.4 Å². The molecule has 1 aromatic rings. The van der Waals surface area contributed by atoms with E-state index in [1.54, 1.807) is 0 Å². The highest BCUT2D eigenvalue weighted by Crippen LogP contribution is 2.26. The largest absolute Gasteiger partial charge is 0.329 e. The second-order valence-electron chi connectivity index (χ2n) is 5.81. The first-order chi connectivity index (χ1) is 9.13. The van der Waals surface area contributed by atoms with Gasteiger partial charge in [-0.05, 0) is 58.1 Å². The number of aryl methyl sites for hydroxylation is 1. The Morgan fingerprint density at radius 3 is 2.53 bits per heavy atom. The minimum atomic E-state index is 0.342. The summed E-state index contributed by atoms with van der Waals surface area (Å²) in [5.41, 5.74) is 8.78. The Labute approximate surface area is 117 Å². The van der Waals surface area contributed by atoms with Gasteiger partial charge in [-0.3, -0.25) is 4.90 Å². The van der Waals surface area contributed by atoms with E-state index >= 15 is 0 Å². The van der Waals surface area contributed by atoms with Crippen LogP contribution in [0.2, 0.25) is 0 Å². The third-order valence-electron chi connectivity index (χ3n) is 4.53. The molecule has 0 bridgehead atoms. The molecule has 0 radical (unpaired) electrons. The number of rotatable bonds is 4. The molecule has 2 N–H and O–H groups in total. The molecule has 1 aliphatic rings. The second kappa shape index (κ2) is 6.51. The molecule has 0 aromatic heterocycles. The highest BCUT2D eigenvalue weighted by molar-refractivity contribution is 5.29. The summed E-state index contributed by atoms with van der Waals surface area (Å²) < 4.78 is 0. The summed E-state index contributed by atoms with van der Waals surface area (Å²) in [6.45, 7) is 5.26. The molecule has 106 valence electrons. The zero-order valence-corrected chi connectivity index (χ0v) is 12.5. The van der Waals surface area contributed by atoms with Crippen LogP contribution in [0.5, 0.6) is 0 Å². The number of likely N-dealkylation sites (tertiary alicyclic amines) is 1. The molecule has 1 atom stereocenters. The zero-order chi connectivity index (χ0) is 13.8. The smallest absolute Gasteiger partial charge is 0.0472 e. The number of hydrogen-bond acceptors (Lipinski definition) is 3. The van der Waals surface area contributed by atoms with Crippen molar-refractivity contribution in [2.45, 2.75) is 31.8 Å². The van der Waals surface area contributed by atoms with Crippen molar-refractivity contribution in [1.82, 2.24) is 9.80 Å². The van der Waals surface area contributed by atoms with Gasteiger partial charge in [0.15, 0.2) is 0 Å². The molecular formula is C16H27N3. The van der Waals surface area contributed by atoms with E-state index in [1.165, 1.54) is 37.1 Å². The molecule has 0 amide bonds. The Morgan fingerprint density at radius 2 is 1.95 bits per heavy atom. The van der Waals surface area contributed by atoms with Gasteiger partial charge in [0.1, 0.15) is 0 Å². The first kappa shape index (κ1) is 14.5. The first-order valence-electron chi connectivity index (χ1n) is 7.29. The van der Waals surface area contributed by atoms with E-state index in [9.17, 15) is 0 Å². The maximum absolute atomic E-state index is 6.06.